The molecule has 0 saturated carbocycles. The average molecular weight is 345 g/mol. The molecule has 0 bridgehead atoms. The summed E-state index contributed by atoms with van der Waals surface area (Å²) in [5, 5.41) is 13.7. The fourth-order valence-electron chi connectivity index (χ4n) is 2.95. The summed E-state index contributed by atoms with van der Waals surface area (Å²) < 4.78 is 14.2. The molecule has 0 radical (unpaired) electrons. The normalized spacial score (nSPS) is 19.1. The van der Waals surface area contributed by atoms with Gasteiger partial charge in [-0.15, -0.1) is 0 Å². The van der Waals surface area contributed by atoms with E-state index in [1.807, 2.05) is 0 Å². The Hall–Kier alpha value is -0.650. The highest BCUT2D eigenvalue weighted by Crippen LogP contribution is 2.44. The van der Waals surface area contributed by atoms with Gasteiger partial charge in [0, 0.05) is 37.8 Å². The van der Waals surface area contributed by atoms with Crippen LogP contribution in [-0.4, -0.2) is 36.2 Å². The van der Waals surface area contributed by atoms with Gasteiger partial charge >= 0.3 is 0 Å². The van der Waals surface area contributed by atoms with E-state index in [-0.39, 0.29) is 23.0 Å². The molecule has 5 heteroatoms. The fraction of sp³-hybridized carbons (Fsp3) is 0.600. The molecule has 0 aliphatic carbocycles. The van der Waals surface area contributed by atoms with Crippen molar-refractivity contribution in [2.45, 2.75) is 26.8 Å². The molecule has 2 rings (SSSR count). The van der Waals surface area contributed by atoms with Crippen LogP contribution in [0, 0.1) is 11.2 Å². The fourth-order valence-corrected chi connectivity index (χ4v) is 3.39. The zero-order valence-corrected chi connectivity index (χ0v) is 13.8. The minimum Gasteiger partial charge on any atom is -0.506 e. The Labute approximate surface area is 128 Å². The smallest absolute Gasteiger partial charge is 0.134 e. The van der Waals surface area contributed by atoms with Crippen molar-refractivity contribution in [1.82, 2.24) is 10.2 Å². The van der Waals surface area contributed by atoms with Gasteiger partial charge in [0.1, 0.15) is 11.6 Å². The predicted octanol–water partition coefficient (Wildman–Crippen LogP) is 3.29. The number of nitrogens with one attached hydrogen (secondary N) is 1. The number of phenols is 1. The molecule has 1 fully saturated rings. The molecule has 1 aromatic carbocycles. The molecule has 0 aromatic heterocycles. The lowest BCUT2D eigenvalue weighted by Crippen LogP contribution is -2.48. The van der Waals surface area contributed by atoms with Crippen molar-refractivity contribution < 1.29 is 9.50 Å². The van der Waals surface area contributed by atoms with Crippen LogP contribution < -0.4 is 5.32 Å². The lowest BCUT2D eigenvalue weighted by molar-refractivity contribution is 0.0839. The van der Waals surface area contributed by atoms with Gasteiger partial charge in [-0.2, -0.15) is 0 Å². The number of hydrogen-bond acceptors (Lipinski definition) is 3. The summed E-state index contributed by atoms with van der Waals surface area (Å²) in [5.74, 6) is -0.182. The first-order valence-corrected chi connectivity index (χ1v) is 7.72. The van der Waals surface area contributed by atoms with E-state index < -0.39 is 0 Å². The SMILES string of the molecule is CC(C)(C)[C@H](c1cc(F)cc(Br)c1O)N1CCNCC1. The van der Waals surface area contributed by atoms with E-state index in [9.17, 15) is 9.50 Å². The Morgan fingerprint density at radius 1 is 1.30 bits per heavy atom. The number of hydrogen-bond donors (Lipinski definition) is 2. The minimum atomic E-state index is -0.325. The largest absolute Gasteiger partial charge is 0.506 e. The Balaban J connectivity index is 2.46. The molecule has 1 heterocycles. The van der Waals surface area contributed by atoms with Gasteiger partial charge in [-0.25, -0.2) is 4.39 Å². The van der Waals surface area contributed by atoms with E-state index in [4.69, 9.17) is 0 Å². The Bertz CT molecular complexity index is 481. The number of nitrogens with zero attached hydrogens (tertiary/aromatic N) is 1. The van der Waals surface area contributed by atoms with Crippen LogP contribution in [0.15, 0.2) is 16.6 Å². The molecule has 1 aliphatic heterocycles. The first kappa shape index (κ1) is 15.7. The van der Waals surface area contributed by atoms with Crippen molar-refractivity contribution in [3.8, 4) is 5.75 Å². The summed E-state index contributed by atoms with van der Waals surface area (Å²) >= 11 is 3.24. The Kier molecular flexibility index (Phi) is 4.72. The molecule has 1 aromatic rings. The molecule has 20 heavy (non-hydrogen) atoms. The molecule has 2 N–H and O–H groups in total. The Morgan fingerprint density at radius 2 is 1.90 bits per heavy atom. The summed E-state index contributed by atoms with van der Waals surface area (Å²) in [6, 6.07) is 2.74. The second-order valence-electron chi connectivity index (χ2n) is 6.38. The molecule has 0 unspecified atom stereocenters. The van der Waals surface area contributed by atoms with Crippen LogP contribution in [0.25, 0.3) is 0 Å². The standard InChI is InChI=1S/C15H22BrFN2O/c1-15(2,3)14(19-6-4-18-5-7-19)11-8-10(17)9-12(16)13(11)20/h8-9,14,18,20H,4-7H2,1-3H3/t14-/m0/s1. The van der Waals surface area contributed by atoms with Gasteiger partial charge < -0.3 is 10.4 Å². The highest BCUT2D eigenvalue weighted by Gasteiger charge is 2.35. The first-order valence-electron chi connectivity index (χ1n) is 6.93. The average Bonchev–Trinajstić information content (AvgIpc) is 2.35. The summed E-state index contributed by atoms with van der Waals surface area (Å²) in [4.78, 5) is 2.32. The molecule has 1 saturated heterocycles. The third kappa shape index (κ3) is 3.32. The van der Waals surface area contributed by atoms with E-state index in [1.165, 1.54) is 12.1 Å². The predicted molar refractivity (Wildman–Crippen MR) is 82.4 cm³/mol. The summed E-state index contributed by atoms with van der Waals surface area (Å²) in [5.41, 5.74) is 0.563. The van der Waals surface area contributed by atoms with E-state index in [1.54, 1.807) is 0 Å². The number of halogens is 2. The molecular formula is C15H22BrFN2O. The minimum absolute atomic E-state index is 0.0170. The quantitative estimate of drug-likeness (QED) is 0.864. The molecule has 0 spiro atoms. The highest BCUT2D eigenvalue weighted by atomic mass is 79.9. The Morgan fingerprint density at radius 3 is 2.45 bits per heavy atom. The van der Waals surface area contributed by atoms with E-state index >= 15 is 0 Å². The van der Waals surface area contributed by atoms with Crippen molar-refractivity contribution in [2.24, 2.45) is 5.41 Å². The topological polar surface area (TPSA) is 35.5 Å². The number of rotatable bonds is 2. The van der Waals surface area contributed by atoms with Crippen LogP contribution in [-0.2, 0) is 0 Å². The van der Waals surface area contributed by atoms with E-state index in [0.717, 1.165) is 26.2 Å². The van der Waals surface area contributed by atoms with Crippen LogP contribution in [0.5, 0.6) is 5.75 Å². The molecular weight excluding hydrogens is 323 g/mol. The van der Waals surface area contributed by atoms with Crippen LogP contribution >= 0.6 is 15.9 Å². The molecule has 3 nitrogen and oxygen atoms in total. The van der Waals surface area contributed by atoms with Gasteiger partial charge in [0.05, 0.1) is 4.47 Å². The number of benzene rings is 1. The highest BCUT2D eigenvalue weighted by molar-refractivity contribution is 9.10. The van der Waals surface area contributed by atoms with Crippen molar-refractivity contribution >= 4 is 15.9 Å². The zero-order chi connectivity index (χ0) is 14.9. The number of phenolic OH excluding ortho intramolecular Hbond substituents is 1. The van der Waals surface area contributed by atoms with Crippen molar-refractivity contribution in [1.29, 1.82) is 0 Å². The van der Waals surface area contributed by atoms with Crippen molar-refractivity contribution in [3.05, 3.63) is 28.0 Å². The first-order chi connectivity index (χ1) is 9.30. The van der Waals surface area contributed by atoms with Crippen LogP contribution in [0.1, 0.15) is 32.4 Å². The zero-order valence-electron chi connectivity index (χ0n) is 12.2. The maximum Gasteiger partial charge on any atom is 0.134 e. The third-order valence-electron chi connectivity index (χ3n) is 3.69. The van der Waals surface area contributed by atoms with Gasteiger partial charge in [-0.05, 0) is 33.5 Å². The third-order valence-corrected chi connectivity index (χ3v) is 4.29. The maximum absolute atomic E-state index is 13.8. The van der Waals surface area contributed by atoms with Gasteiger partial charge in [-0.1, -0.05) is 20.8 Å². The molecule has 0 amide bonds. The van der Waals surface area contributed by atoms with Crippen molar-refractivity contribution in [3.63, 3.8) is 0 Å². The summed E-state index contributed by atoms with van der Waals surface area (Å²) in [7, 11) is 0. The molecule has 1 atom stereocenters. The number of piperazine rings is 1. The van der Waals surface area contributed by atoms with Crippen LogP contribution in [0.4, 0.5) is 4.39 Å². The summed E-state index contributed by atoms with van der Waals surface area (Å²) in [6.45, 7) is 10.0. The van der Waals surface area contributed by atoms with Crippen molar-refractivity contribution in [2.75, 3.05) is 26.2 Å². The van der Waals surface area contributed by atoms with Gasteiger partial charge in [0.15, 0.2) is 0 Å². The van der Waals surface area contributed by atoms with Gasteiger partial charge in [0.2, 0.25) is 0 Å². The van der Waals surface area contributed by atoms with E-state index in [2.05, 4.69) is 46.9 Å². The van der Waals surface area contributed by atoms with Crippen LogP contribution in [0.2, 0.25) is 0 Å². The van der Waals surface area contributed by atoms with Gasteiger partial charge in [-0.3, -0.25) is 4.90 Å². The maximum atomic E-state index is 13.8. The molecule has 112 valence electrons. The summed E-state index contributed by atoms with van der Waals surface area (Å²) in [6.07, 6.45) is 0. The second-order valence-corrected chi connectivity index (χ2v) is 7.23. The van der Waals surface area contributed by atoms with E-state index in [0.29, 0.717) is 10.0 Å². The second kappa shape index (κ2) is 6.00. The van der Waals surface area contributed by atoms with Crippen LogP contribution in [0.3, 0.4) is 0 Å². The lowest BCUT2D eigenvalue weighted by atomic mass is 9.80. The van der Waals surface area contributed by atoms with Gasteiger partial charge in [0.25, 0.3) is 0 Å². The lowest BCUT2D eigenvalue weighted by Gasteiger charge is -2.42. The molecule has 1 aliphatic rings. The monoisotopic (exact) mass is 344 g/mol. The number of aromatic hydroxyl groups is 1.